The van der Waals surface area contributed by atoms with Crippen molar-refractivity contribution in [2.24, 2.45) is 11.1 Å². The van der Waals surface area contributed by atoms with E-state index in [0.717, 1.165) is 5.69 Å². The number of hydrogen-bond acceptors (Lipinski definition) is 3. The van der Waals surface area contributed by atoms with Gasteiger partial charge in [-0.2, -0.15) is 0 Å². The third kappa shape index (κ3) is 3.03. The molecule has 0 bridgehead atoms. The van der Waals surface area contributed by atoms with Crippen LogP contribution < -0.4 is 11.1 Å². The molecule has 4 heteroatoms. The van der Waals surface area contributed by atoms with Crippen molar-refractivity contribution >= 4 is 5.91 Å². The first-order valence-electron chi connectivity index (χ1n) is 5.39. The van der Waals surface area contributed by atoms with Crippen LogP contribution in [0.2, 0.25) is 0 Å². The molecular formula is C12H19N3O. The molecule has 0 saturated heterocycles. The number of carbonyl (C=O) groups excluding carboxylic acids is 1. The number of nitrogens with two attached hydrogens (primary N) is 1. The molecule has 0 aromatic carbocycles. The van der Waals surface area contributed by atoms with Crippen LogP contribution in [0.15, 0.2) is 24.4 Å². The van der Waals surface area contributed by atoms with E-state index in [2.05, 4.69) is 10.3 Å². The van der Waals surface area contributed by atoms with Crippen LogP contribution in [0.4, 0.5) is 0 Å². The fraction of sp³-hybridized carbons (Fsp3) is 0.500. The number of carbonyl (C=O) groups is 1. The Morgan fingerprint density at radius 2 is 2.25 bits per heavy atom. The lowest BCUT2D eigenvalue weighted by atomic mass is 9.92. The minimum absolute atomic E-state index is 0.0480. The van der Waals surface area contributed by atoms with Crippen molar-refractivity contribution < 1.29 is 4.79 Å². The Bertz CT molecular complexity index is 349. The highest BCUT2D eigenvalue weighted by Crippen LogP contribution is 2.16. The lowest BCUT2D eigenvalue weighted by molar-refractivity contribution is -0.129. The van der Waals surface area contributed by atoms with Crippen LogP contribution in [0.5, 0.6) is 0 Å². The van der Waals surface area contributed by atoms with Gasteiger partial charge in [-0.3, -0.25) is 9.78 Å². The van der Waals surface area contributed by atoms with E-state index < -0.39 is 5.41 Å². The summed E-state index contributed by atoms with van der Waals surface area (Å²) in [5.41, 5.74) is 5.86. The first-order valence-corrected chi connectivity index (χ1v) is 5.39. The second kappa shape index (κ2) is 5.07. The summed E-state index contributed by atoms with van der Waals surface area (Å²) in [4.78, 5) is 16.1. The zero-order valence-corrected chi connectivity index (χ0v) is 10.0. The molecule has 0 radical (unpaired) electrons. The average Bonchev–Trinajstić information content (AvgIpc) is 2.30. The summed E-state index contributed by atoms with van der Waals surface area (Å²) in [6, 6.07) is 5.54. The quantitative estimate of drug-likeness (QED) is 0.804. The maximum absolute atomic E-state index is 11.9. The van der Waals surface area contributed by atoms with Gasteiger partial charge >= 0.3 is 0 Å². The third-order valence-electron chi connectivity index (χ3n) is 2.60. The average molecular weight is 221 g/mol. The molecular weight excluding hydrogens is 202 g/mol. The summed E-state index contributed by atoms with van der Waals surface area (Å²) in [5, 5.41) is 2.91. The predicted molar refractivity (Wildman–Crippen MR) is 63.6 cm³/mol. The van der Waals surface area contributed by atoms with Crippen LogP contribution in [-0.2, 0) is 4.79 Å². The van der Waals surface area contributed by atoms with Crippen molar-refractivity contribution in [1.29, 1.82) is 0 Å². The van der Waals surface area contributed by atoms with E-state index in [4.69, 9.17) is 5.73 Å². The third-order valence-corrected chi connectivity index (χ3v) is 2.60. The van der Waals surface area contributed by atoms with Gasteiger partial charge in [-0.05, 0) is 32.9 Å². The smallest absolute Gasteiger partial charge is 0.227 e. The zero-order valence-electron chi connectivity index (χ0n) is 10.0. The maximum atomic E-state index is 11.9. The molecule has 1 unspecified atom stereocenters. The molecule has 0 aliphatic heterocycles. The summed E-state index contributed by atoms with van der Waals surface area (Å²) >= 11 is 0. The van der Waals surface area contributed by atoms with Gasteiger partial charge in [0.25, 0.3) is 0 Å². The van der Waals surface area contributed by atoms with Crippen LogP contribution in [-0.4, -0.2) is 17.4 Å². The molecule has 1 atom stereocenters. The fourth-order valence-corrected chi connectivity index (χ4v) is 1.19. The predicted octanol–water partition coefficient (Wildman–Crippen LogP) is 1.24. The Labute approximate surface area is 96.3 Å². The molecule has 1 rings (SSSR count). The lowest BCUT2D eigenvalue weighted by Crippen LogP contribution is -2.42. The summed E-state index contributed by atoms with van der Waals surface area (Å²) in [6.07, 6.45) is 1.71. The number of pyridine rings is 1. The van der Waals surface area contributed by atoms with Gasteiger partial charge in [0.1, 0.15) is 0 Å². The standard InChI is InChI=1S/C12H19N3O/c1-9(10-6-4-5-7-14-10)15-11(16)12(2,3)8-13/h4-7,9H,8,13H2,1-3H3,(H,15,16). The molecule has 0 fully saturated rings. The van der Waals surface area contributed by atoms with Gasteiger partial charge in [0.15, 0.2) is 0 Å². The summed E-state index contributed by atoms with van der Waals surface area (Å²) in [5.74, 6) is -0.0480. The van der Waals surface area contributed by atoms with E-state index in [1.165, 1.54) is 0 Å². The minimum atomic E-state index is -0.539. The van der Waals surface area contributed by atoms with Gasteiger partial charge in [-0.25, -0.2) is 0 Å². The maximum Gasteiger partial charge on any atom is 0.227 e. The Morgan fingerprint density at radius 3 is 2.75 bits per heavy atom. The van der Waals surface area contributed by atoms with Crippen molar-refractivity contribution in [1.82, 2.24) is 10.3 Å². The van der Waals surface area contributed by atoms with E-state index in [-0.39, 0.29) is 11.9 Å². The molecule has 3 N–H and O–H groups in total. The molecule has 0 spiro atoms. The Balaban J connectivity index is 2.66. The number of rotatable bonds is 4. The topological polar surface area (TPSA) is 68.0 Å². The van der Waals surface area contributed by atoms with E-state index >= 15 is 0 Å². The minimum Gasteiger partial charge on any atom is -0.348 e. The van der Waals surface area contributed by atoms with Crippen LogP contribution in [0, 0.1) is 5.41 Å². The zero-order chi connectivity index (χ0) is 12.2. The molecule has 0 aliphatic carbocycles. The number of nitrogens with one attached hydrogen (secondary N) is 1. The number of amides is 1. The monoisotopic (exact) mass is 221 g/mol. The fourth-order valence-electron chi connectivity index (χ4n) is 1.19. The largest absolute Gasteiger partial charge is 0.348 e. The molecule has 1 aromatic rings. The highest BCUT2D eigenvalue weighted by Gasteiger charge is 2.27. The lowest BCUT2D eigenvalue weighted by Gasteiger charge is -2.24. The van der Waals surface area contributed by atoms with Crippen molar-refractivity contribution in [2.45, 2.75) is 26.8 Å². The van der Waals surface area contributed by atoms with E-state index in [9.17, 15) is 4.79 Å². The van der Waals surface area contributed by atoms with E-state index in [1.807, 2.05) is 39.0 Å². The molecule has 1 heterocycles. The van der Waals surface area contributed by atoms with Crippen LogP contribution >= 0.6 is 0 Å². The Hall–Kier alpha value is -1.42. The van der Waals surface area contributed by atoms with Crippen LogP contribution in [0.25, 0.3) is 0 Å². The van der Waals surface area contributed by atoms with Gasteiger partial charge in [0, 0.05) is 12.7 Å². The molecule has 1 aromatic heterocycles. The van der Waals surface area contributed by atoms with Gasteiger partial charge in [-0.15, -0.1) is 0 Å². The summed E-state index contributed by atoms with van der Waals surface area (Å²) in [6.45, 7) is 5.89. The molecule has 88 valence electrons. The molecule has 4 nitrogen and oxygen atoms in total. The first-order chi connectivity index (χ1) is 7.47. The first kappa shape index (κ1) is 12.6. The van der Waals surface area contributed by atoms with Crippen molar-refractivity contribution in [3.05, 3.63) is 30.1 Å². The molecule has 0 saturated carbocycles. The van der Waals surface area contributed by atoms with Crippen molar-refractivity contribution in [3.63, 3.8) is 0 Å². The molecule has 16 heavy (non-hydrogen) atoms. The van der Waals surface area contributed by atoms with Crippen LogP contribution in [0.3, 0.4) is 0 Å². The van der Waals surface area contributed by atoms with E-state index in [0.29, 0.717) is 6.54 Å². The van der Waals surface area contributed by atoms with Gasteiger partial charge in [0.2, 0.25) is 5.91 Å². The van der Waals surface area contributed by atoms with Crippen molar-refractivity contribution in [3.8, 4) is 0 Å². The second-order valence-corrected chi connectivity index (χ2v) is 4.54. The number of aromatic nitrogens is 1. The van der Waals surface area contributed by atoms with Gasteiger partial charge in [-0.1, -0.05) is 6.07 Å². The normalized spacial score (nSPS) is 13.2. The number of nitrogens with zero attached hydrogens (tertiary/aromatic N) is 1. The molecule has 0 aliphatic rings. The van der Waals surface area contributed by atoms with Crippen LogP contribution in [0.1, 0.15) is 32.5 Å². The Kier molecular flexibility index (Phi) is 4.01. The van der Waals surface area contributed by atoms with Gasteiger partial charge < -0.3 is 11.1 Å². The number of hydrogen-bond donors (Lipinski definition) is 2. The molecule has 1 amide bonds. The Morgan fingerprint density at radius 1 is 1.56 bits per heavy atom. The van der Waals surface area contributed by atoms with Crippen molar-refractivity contribution in [2.75, 3.05) is 6.54 Å². The van der Waals surface area contributed by atoms with Gasteiger partial charge in [0.05, 0.1) is 17.2 Å². The second-order valence-electron chi connectivity index (χ2n) is 4.54. The SMILES string of the molecule is CC(NC(=O)C(C)(C)CN)c1ccccn1. The summed E-state index contributed by atoms with van der Waals surface area (Å²) in [7, 11) is 0. The highest BCUT2D eigenvalue weighted by atomic mass is 16.2. The highest BCUT2D eigenvalue weighted by molar-refractivity contribution is 5.82. The summed E-state index contributed by atoms with van der Waals surface area (Å²) < 4.78 is 0. The van der Waals surface area contributed by atoms with E-state index in [1.54, 1.807) is 6.20 Å².